The lowest BCUT2D eigenvalue weighted by atomic mass is 9.66. The maximum absolute atomic E-state index is 12.7. The summed E-state index contributed by atoms with van der Waals surface area (Å²) in [6, 6.07) is 7.97. The zero-order valence-corrected chi connectivity index (χ0v) is 17.0. The minimum atomic E-state index is -1.02. The van der Waals surface area contributed by atoms with Crippen molar-refractivity contribution < 1.29 is 14.7 Å². The Balaban J connectivity index is 1.27. The first-order chi connectivity index (χ1) is 14.5. The van der Waals surface area contributed by atoms with Gasteiger partial charge in [0.05, 0.1) is 11.1 Å². The molecule has 2 aliphatic rings. The van der Waals surface area contributed by atoms with E-state index in [1.165, 1.54) is 16.9 Å². The second-order valence-corrected chi connectivity index (χ2v) is 8.97. The van der Waals surface area contributed by atoms with Gasteiger partial charge in [-0.15, -0.1) is 10.2 Å². The number of anilines is 1. The fraction of sp³-hybridized carbons (Fsp3) is 0.400. The monoisotopic (exact) mass is 424 g/mol. The van der Waals surface area contributed by atoms with Crippen LogP contribution in [0.15, 0.2) is 30.5 Å². The van der Waals surface area contributed by atoms with Crippen molar-refractivity contribution in [3.63, 3.8) is 0 Å². The van der Waals surface area contributed by atoms with Gasteiger partial charge < -0.3 is 10.0 Å². The number of hydrogen-bond acceptors (Lipinski definition) is 8. The summed E-state index contributed by atoms with van der Waals surface area (Å²) in [6.07, 6.45) is 5.19. The number of carboxylic acids is 1. The van der Waals surface area contributed by atoms with Gasteiger partial charge in [-0.2, -0.15) is 4.80 Å². The number of aliphatic carboxylic acids is 1. The summed E-state index contributed by atoms with van der Waals surface area (Å²) in [6.45, 7) is 1.37. The van der Waals surface area contributed by atoms with Crippen LogP contribution in [0.5, 0.6) is 0 Å². The molecule has 1 spiro atoms. The summed E-state index contributed by atoms with van der Waals surface area (Å²) in [5.41, 5.74) is 2.11. The molecule has 9 nitrogen and oxygen atoms in total. The zero-order chi connectivity index (χ0) is 20.7. The number of nitrogens with zero attached hydrogens (tertiary/aromatic N) is 6. The highest BCUT2D eigenvalue weighted by atomic mass is 32.1. The third-order valence-corrected chi connectivity index (χ3v) is 7.01. The Kier molecular flexibility index (Phi) is 4.58. The smallest absolute Gasteiger partial charge is 0.327 e. The number of fused-ring (bicyclic) bond motifs is 1. The number of hydrogen-bond donors (Lipinski definition) is 1. The highest BCUT2D eigenvalue weighted by Gasteiger charge is 2.41. The second-order valence-electron chi connectivity index (χ2n) is 7.97. The number of rotatable bonds is 4. The van der Waals surface area contributed by atoms with E-state index in [1.54, 1.807) is 6.20 Å². The van der Waals surface area contributed by atoms with Crippen LogP contribution in [-0.2, 0) is 17.8 Å². The van der Waals surface area contributed by atoms with Gasteiger partial charge in [0.2, 0.25) is 5.82 Å². The first kappa shape index (κ1) is 18.9. The standard InChI is InChI=1S/C20H20N6O3S/c27-15-10-20(9-13-3-1-2-4-14(13)15)5-7-25(8-6-20)19-21-11-16(30-19)18-22-24-26(23-18)12-17(28)29/h1-4,11H,5-10,12H2,(H,28,29). The number of aromatic nitrogens is 5. The van der Waals surface area contributed by atoms with Crippen LogP contribution in [0.1, 0.15) is 35.2 Å². The summed E-state index contributed by atoms with van der Waals surface area (Å²) in [4.78, 5) is 32.0. The fourth-order valence-electron chi connectivity index (χ4n) is 4.42. The molecule has 5 rings (SSSR count). The molecule has 30 heavy (non-hydrogen) atoms. The molecular weight excluding hydrogens is 404 g/mol. The minimum absolute atomic E-state index is 0.0448. The quantitative estimate of drug-likeness (QED) is 0.679. The van der Waals surface area contributed by atoms with Crippen molar-refractivity contribution in [1.82, 2.24) is 25.2 Å². The number of carbonyl (C=O) groups excluding carboxylic acids is 1. The molecule has 0 saturated carbocycles. The molecule has 0 unspecified atom stereocenters. The lowest BCUT2D eigenvalue weighted by Crippen LogP contribution is -2.44. The van der Waals surface area contributed by atoms with Gasteiger partial charge in [0.1, 0.15) is 0 Å². The van der Waals surface area contributed by atoms with E-state index in [0.717, 1.165) is 52.7 Å². The van der Waals surface area contributed by atoms with Crippen LogP contribution >= 0.6 is 11.3 Å². The molecule has 10 heteroatoms. The third-order valence-electron chi connectivity index (χ3n) is 5.96. The molecule has 3 heterocycles. The maximum atomic E-state index is 12.7. The molecule has 0 bridgehead atoms. The molecule has 1 fully saturated rings. The van der Waals surface area contributed by atoms with E-state index >= 15 is 0 Å². The molecule has 1 saturated heterocycles. The number of carbonyl (C=O) groups is 2. The van der Waals surface area contributed by atoms with Crippen LogP contribution in [0.4, 0.5) is 5.13 Å². The van der Waals surface area contributed by atoms with Gasteiger partial charge in [-0.25, -0.2) is 4.98 Å². The first-order valence-corrected chi connectivity index (χ1v) is 10.6. The van der Waals surface area contributed by atoms with Crippen LogP contribution in [0.3, 0.4) is 0 Å². The number of carboxylic acid groups (broad SMARTS) is 1. The van der Waals surface area contributed by atoms with Crippen LogP contribution in [-0.4, -0.2) is 55.1 Å². The van der Waals surface area contributed by atoms with Gasteiger partial charge in [0, 0.05) is 25.1 Å². The van der Waals surface area contributed by atoms with E-state index in [0.29, 0.717) is 12.2 Å². The van der Waals surface area contributed by atoms with Gasteiger partial charge in [-0.1, -0.05) is 35.6 Å². The molecule has 2 aromatic heterocycles. The molecule has 3 aromatic rings. The number of Topliss-reactive ketones (excluding diaryl/α,β-unsaturated/α-hetero) is 1. The Bertz CT molecular complexity index is 1120. The molecular formula is C20H20N6O3S. The number of tetrazole rings is 1. The van der Waals surface area contributed by atoms with Crippen LogP contribution < -0.4 is 4.90 Å². The van der Waals surface area contributed by atoms with Crippen LogP contribution in [0.2, 0.25) is 0 Å². The van der Waals surface area contributed by atoms with Crippen molar-refractivity contribution in [1.29, 1.82) is 0 Å². The largest absolute Gasteiger partial charge is 0.480 e. The maximum Gasteiger partial charge on any atom is 0.327 e. The summed E-state index contributed by atoms with van der Waals surface area (Å²) >= 11 is 1.47. The Morgan fingerprint density at radius 3 is 2.80 bits per heavy atom. The van der Waals surface area contributed by atoms with Gasteiger partial charge >= 0.3 is 5.97 Å². The van der Waals surface area contributed by atoms with Gasteiger partial charge in [0.25, 0.3) is 0 Å². The van der Waals surface area contributed by atoms with Gasteiger partial charge in [0.15, 0.2) is 17.5 Å². The van der Waals surface area contributed by atoms with Gasteiger partial charge in [-0.05, 0) is 35.5 Å². The molecule has 0 amide bonds. The highest BCUT2D eigenvalue weighted by molar-refractivity contribution is 7.18. The first-order valence-electron chi connectivity index (χ1n) is 9.83. The average Bonchev–Trinajstić information content (AvgIpc) is 3.38. The number of thiazole rings is 1. The second kappa shape index (κ2) is 7.28. The summed E-state index contributed by atoms with van der Waals surface area (Å²) in [5.74, 6) is -0.379. The third kappa shape index (κ3) is 3.47. The molecule has 1 aliphatic carbocycles. The van der Waals surface area contributed by atoms with E-state index in [1.807, 2.05) is 18.2 Å². The molecule has 1 aliphatic heterocycles. The molecule has 154 valence electrons. The van der Waals surface area contributed by atoms with Crippen molar-refractivity contribution in [3.05, 3.63) is 41.6 Å². The summed E-state index contributed by atoms with van der Waals surface area (Å²) in [7, 11) is 0. The van der Waals surface area contributed by atoms with Crippen molar-refractivity contribution >= 4 is 28.2 Å². The van der Waals surface area contributed by atoms with Crippen molar-refractivity contribution in [2.24, 2.45) is 5.41 Å². The van der Waals surface area contributed by atoms with Gasteiger partial charge in [-0.3, -0.25) is 9.59 Å². The molecule has 1 aromatic carbocycles. The predicted molar refractivity (Wildman–Crippen MR) is 110 cm³/mol. The van der Waals surface area contributed by atoms with E-state index in [9.17, 15) is 9.59 Å². The summed E-state index contributed by atoms with van der Waals surface area (Å²) in [5, 5.41) is 21.5. The van der Waals surface area contributed by atoms with E-state index < -0.39 is 5.97 Å². The molecule has 0 atom stereocenters. The van der Waals surface area contributed by atoms with Crippen LogP contribution in [0, 0.1) is 5.41 Å². The van der Waals surface area contributed by atoms with E-state index in [4.69, 9.17) is 5.11 Å². The number of ketones is 1. The highest BCUT2D eigenvalue weighted by Crippen LogP contribution is 2.44. The average molecular weight is 424 g/mol. The van der Waals surface area contributed by atoms with Crippen molar-refractivity contribution in [3.8, 4) is 10.7 Å². The Hall–Kier alpha value is -3.14. The zero-order valence-electron chi connectivity index (χ0n) is 16.2. The normalized spacial score (nSPS) is 17.9. The predicted octanol–water partition coefficient (Wildman–Crippen LogP) is 2.30. The molecule has 0 radical (unpaired) electrons. The Morgan fingerprint density at radius 2 is 2.00 bits per heavy atom. The van der Waals surface area contributed by atoms with E-state index in [-0.39, 0.29) is 17.7 Å². The topological polar surface area (TPSA) is 114 Å². The Labute approximate surface area is 176 Å². The summed E-state index contributed by atoms with van der Waals surface area (Å²) < 4.78 is 0. The Morgan fingerprint density at radius 1 is 1.20 bits per heavy atom. The van der Waals surface area contributed by atoms with Crippen molar-refractivity contribution in [2.75, 3.05) is 18.0 Å². The van der Waals surface area contributed by atoms with Crippen molar-refractivity contribution in [2.45, 2.75) is 32.2 Å². The van der Waals surface area contributed by atoms with E-state index in [2.05, 4.69) is 31.4 Å². The lowest BCUT2D eigenvalue weighted by Gasteiger charge is -2.44. The fourth-order valence-corrected chi connectivity index (χ4v) is 5.31. The lowest BCUT2D eigenvalue weighted by molar-refractivity contribution is -0.138. The van der Waals surface area contributed by atoms with Crippen LogP contribution in [0.25, 0.3) is 10.7 Å². The molecule has 1 N–H and O–H groups in total. The SMILES string of the molecule is O=C(O)Cn1nnc(-c2cnc(N3CCC4(CC3)CC(=O)c3ccccc3C4)s2)n1. The number of piperidine rings is 1. The number of benzene rings is 1. The minimum Gasteiger partial charge on any atom is -0.480 e.